The van der Waals surface area contributed by atoms with Gasteiger partial charge in [0.15, 0.2) is 0 Å². The van der Waals surface area contributed by atoms with Gasteiger partial charge in [0.2, 0.25) is 5.91 Å². The molecule has 6 aromatic rings. The molecule has 4 amide bonds. The molecule has 1 unspecified atom stereocenters. The number of carbonyl (C=O) groups excluding carboxylic acids is 4. The van der Waals surface area contributed by atoms with E-state index in [1.165, 1.54) is 26.4 Å². The number of imidazole rings is 2. The monoisotopic (exact) mass is 914 g/mol. The van der Waals surface area contributed by atoms with E-state index in [-0.39, 0.29) is 40.8 Å². The third-order valence-electron chi connectivity index (χ3n) is 13.2. The van der Waals surface area contributed by atoms with Crippen LogP contribution in [0.3, 0.4) is 0 Å². The van der Waals surface area contributed by atoms with Gasteiger partial charge in [-0.25, -0.2) is 19.6 Å². The van der Waals surface area contributed by atoms with Gasteiger partial charge < -0.3 is 45.0 Å². The Hall–Kier alpha value is -7.14. The number of nitrogens with one attached hydrogen (secondary N) is 5. The van der Waals surface area contributed by atoms with Gasteiger partial charge in [0, 0.05) is 36.4 Å². The lowest BCUT2D eigenvalue weighted by Crippen LogP contribution is -2.53. The number of H-pyrrole nitrogens is 2. The summed E-state index contributed by atoms with van der Waals surface area (Å²) >= 11 is 0. The summed E-state index contributed by atoms with van der Waals surface area (Å²) in [6, 6.07) is 21.9. The number of methoxy groups -OCH3 is 2. The second kappa shape index (κ2) is 18.6. The van der Waals surface area contributed by atoms with E-state index in [2.05, 4.69) is 30.9 Å². The van der Waals surface area contributed by atoms with Crippen LogP contribution in [0.4, 0.5) is 18.4 Å². The SMILES string of the molecule is COC(=O)NC(C(=O)N1CCC[C@H]1c1nc2ccc(-c3ccc4c(c3)C(F)(F)c3cc(-c5cnc([C@@H](NC(=O)[C@@H](NC(=O)OC)C6CCOCC6)C(C)C)[nH]5)ccc3-4)cc2[nH]1)c1ccccc1. The van der Waals surface area contributed by atoms with Gasteiger partial charge in [-0.05, 0) is 89.6 Å². The van der Waals surface area contributed by atoms with Crippen molar-refractivity contribution in [3.8, 4) is 33.5 Å². The first-order valence-electron chi connectivity index (χ1n) is 22.5. The predicted molar refractivity (Wildman–Crippen MR) is 245 cm³/mol. The van der Waals surface area contributed by atoms with Crippen molar-refractivity contribution in [1.29, 1.82) is 0 Å². The van der Waals surface area contributed by atoms with E-state index in [4.69, 9.17) is 19.2 Å². The summed E-state index contributed by atoms with van der Waals surface area (Å²) in [5, 5.41) is 8.43. The Labute approximate surface area is 385 Å². The normalized spacial score (nSPS) is 17.9. The molecule has 2 aliphatic heterocycles. The highest BCUT2D eigenvalue weighted by Gasteiger charge is 2.45. The van der Waals surface area contributed by atoms with E-state index in [9.17, 15) is 19.2 Å². The Morgan fingerprint density at radius 3 is 2.16 bits per heavy atom. The first-order chi connectivity index (χ1) is 32.3. The zero-order valence-electron chi connectivity index (χ0n) is 37.5. The fraction of sp³-hybridized carbons (Fsp3) is 0.360. The van der Waals surface area contributed by atoms with Gasteiger partial charge in [-0.3, -0.25) is 9.59 Å². The lowest BCUT2D eigenvalue weighted by atomic mass is 9.90. The molecule has 0 bridgehead atoms. The number of fused-ring (bicyclic) bond motifs is 4. The average molecular weight is 915 g/mol. The Bertz CT molecular complexity index is 2820. The summed E-state index contributed by atoms with van der Waals surface area (Å²) < 4.78 is 48.4. The topological polar surface area (TPSA) is 193 Å². The predicted octanol–water partition coefficient (Wildman–Crippen LogP) is 8.47. The van der Waals surface area contributed by atoms with Gasteiger partial charge >= 0.3 is 12.2 Å². The molecule has 4 aromatic carbocycles. The Morgan fingerprint density at radius 1 is 0.806 bits per heavy atom. The minimum Gasteiger partial charge on any atom is -0.453 e. The van der Waals surface area contributed by atoms with Crippen LogP contribution in [-0.2, 0) is 29.7 Å². The number of likely N-dealkylation sites (tertiary alicyclic amines) is 1. The summed E-state index contributed by atoms with van der Waals surface area (Å²) in [7, 11) is 2.49. The van der Waals surface area contributed by atoms with Crippen LogP contribution >= 0.6 is 0 Å². The van der Waals surface area contributed by atoms with Gasteiger partial charge in [-0.15, -0.1) is 0 Å². The summed E-state index contributed by atoms with van der Waals surface area (Å²) in [5.41, 5.74) is 4.93. The maximum Gasteiger partial charge on any atom is 0.407 e. The molecule has 4 atom stereocenters. The van der Waals surface area contributed by atoms with Gasteiger partial charge in [-0.2, -0.15) is 8.78 Å². The first kappa shape index (κ1) is 45.0. The number of carbonyl (C=O) groups is 4. The van der Waals surface area contributed by atoms with E-state index in [1.54, 1.807) is 53.6 Å². The lowest BCUT2D eigenvalue weighted by molar-refractivity contribution is -0.134. The molecule has 4 heterocycles. The Kier molecular flexibility index (Phi) is 12.5. The second-order valence-corrected chi connectivity index (χ2v) is 17.6. The standard InChI is InChI=1S/C50H52F2N8O7/c1-27(2)41(57-46(61)42(58-48(63)65-3)29-18-21-67-22-19-29)45-53-26-39(56-45)32-13-16-34-33-15-12-30(23-35(33)50(51,52)36(34)24-32)31-14-17-37-38(25-31)55-44(54-37)40-11-8-20-60(40)47(62)43(59-49(64)66-4)28-9-6-5-7-10-28/h5-7,9-10,12-17,23-27,29,40-43H,8,11,18-22H2,1-4H3,(H,53,56)(H,54,55)(H,57,61)(H,58,63)(H,59,64)/t40-,41-,42-,43?/m0/s1. The van der Waals surface area contributed by atoms with E-state index < -0.39 is 36.2 Å². The number of ether oxygens (including phenoxy) is 3. The average Bonchev–Trinajstić information content (AvgIpc) is 4.17. The van der Waals surface area contributed by atoms with Crippen molar-refractivity contribution < 1.29 is 42.2 Å². The van der Waals surface area contributed by atoms with Crippen molar-refractivity contribution in [2.75, 3.05) is 34.0 Å². The van der Waals surface area contributed by atoms with Crippen molar-refractivity contribution in [2.24, 2.45) is 11.8 Å². The maximum absolute atomic E-state index is 16.6. The van der Waals surface area contributed by atoms with Gasteiger partial charge in [-0.1, -0.05) is 74.5 Å². The molecule has 2 aromatic heterocycles. The smallest absolute Gasteiger partial charge is 0.407 e. The molecular formula is C50H52F2N8O7. The molecule has 67 heavy (non-hydrogen) atoms. The third kappa shape index (κ3) is 8.82. The largest absolute Gasteiger partial charge is 0.453 e. The summed E-state index contributed by atoms with van der Waals surface area (Å²) in [5.74, 6) is -3.21. The number of alkyl carbamates (subject to hydrolysis) is 2. The second-order valence-electron chi connectivity index (χ2n) is 17.6. The summed E-state index contributed by atoms with van der Waals surface area (Å²) in [6.07, 6.45) is 2.74. The van der Waals surface area contributed by atoms with Gasteiger partial charge in [0.25, 0.3) is 11.8 Å². The molecule has 2 saturated heterocycles. The molecule has 0 radical (unpaired) electrons. The minimum absolute atomic E-state index is 0.108. The van der Waals surface area contributed by atoms with Crippen LogP contribution in [0.5, 0.6) is 0 Å². The fourth-order valence-electron chi connectivity index (χ4n) is 9.59. The van der Waals surface area contributed by atoms with Gasteiger partial charge in [0.05, 0.1) is 49.2 Å². The molecular weight excluding hydrogens is 863 g/mol. The van der Waals surface area contributed by atoms with Crippen molar-refractivity contribution in [2.45, 2.75) is 69.6 Å². The lowest BCUT2D eigenvalue weighted by Gasteiger charge is -2.31. The molecule has 0 saturated carbocycles. The molecule has 15 nitrogen and oxygen atoms in total. The van der Waals surface area contributed by atoms with Crippen LogP contribution in [0.1, 0.15) is 86.0 Å². The number of alkyl halides is 2. The summed E-state index contributed by atoms with van der Waals surface area (Å²) in [4.78, 5) is 70.2. The van der Waals surface area contributed by atoms with E-state index in [1.807, 2.05) is 44.2 Å². The Morgan fingerprint density at radius 2 is 1.46 bits per heavy atom. The van der Waals surface area contributed by atoms with E-state index in [0.717, 1.165) is 6.42 Å². The van der Waals surface area contributed by atoms with Crippen molar-refractivity contribution in [3.05, 3.63) is 119 Å². The number of rotatable bonds is 12. The van der Waals surface area contributed by atoms with Crippen LogP contribution in [0.15, 0.2) is 91.1 Å². The highest BCUT2D eigenvalue weighted by atomic mass is 19.3. The number of hydrogen-bond acceptors (Lipinski definition) is 9. The van der Waals surface area contributed by atoms with Crippen LogP contribution in [0, 0.1) is 11.8 Å². The molecule has 348 valence electrons. The molecule has 0 spiro atoms. The first-order valence-corrected chi connectivity index (χ1v) is 22.5. The maximum atomic E-state index is 16.6. The number of nitrogens with zero attached hydrogens (tertiary/aromatic N) is 3. The van der Waals surface area contributed by atoms with Crippen LogP contribution < -0.4 is 16.0 Å². The number of aromatic amines is 2. The van der Waals surface area contributed by atoms with Crippen LogP contribution in [0.25, 0.3) is 44.5 Å². The Balaban J connectivity index is 0.931. The van der Waals surface area contributed by atoms with Crippen molar-refractivity contribution in [3.63, 3.8) is 0 Å². The van der Waals surface area contributed by atoms with E-state index >= 15 is 8.78 Å². The molecule has 17 heteroatoms. The van der Waals surface area contributed by atoms with Crippen molar-refractivity contribution in [1.82, 2.24) is 40.8 Å². The number of aromatic nitrogens is 4. The van der Waals surface area contributed by atoms with Crippen molar-refractivity contribution >= 4 is 35.0 Å². The number of halogens is 2. The highest BCUT2D eigenvalue weighted by Crippen LogP contribution is 2.53. The highest BCUT2D eigenvalue weighted by molar-refractivity contribution is 5.89. The number of benzene rings is 4. The number of hydrogen-bond donors (Lipinski definition) is 5. The van der Waals surface area contributed by atoms with Crippen LogP contribution in [0.2, 0.25) is 0 Å². The molecule has 1 aliphatic carbocycles. The molecule has 5 N–H and O–H groups in total. The zero-order chi connectivity index (χ0) is 47.0. The molecule has 9 rings (SSSR count). The molecule has 3 aliphatic rings. The van der Waals surface area contributed by atoms with Crippen LogP contribution in [-0.4, -0.2) is 88.9 Å². The van der Waals surface area contributed by atoms with Gasteiger partial charge in [0.1, 0.15) is 23.7 Å². The number of amides is 4. The fourth-order valence-corrected chi connectivity index (χ4v) is 9.59. The molecule has 2 fully saturated rings. The quantitative estimate of drug-likeness (QED) is 0.0801. The summed E-state index contributed by atoms with van der Waals surface area (Å²) in [6.45, 7) is 5.29. The zero-order valence-corrected chi connectivity index (χ0v) is 37.5. The minimum atomic E-state index is -3.32. The van der Waals surface area contributed by atoms with E-state index in [0.29, 0.717) is 101 Å². The third-order valence-corrected chi connectivity index (χ3v) is 13.2.